The molecule has 1 N–H and O–H groups in total. The standard InChI is InChI=1S/C15H16N2O2/c1-3-15-17-12-8-11(4-5-13(12)19-15)16-9-14-10(2)6-7-18-14/h4-8,16H,3,9H2,1-2H3. The molecule has 0 aliphatic carbocycles. The summed E-state index contributed by atoms with van der Waals surface area (Å²) in [6.45, 7) is 4.74. The third-order valence-corrected chi connectivity index (χ3v) is 3.16. The van der Waals surface area contributed by atoms with Gasteiger partial charge in [0.05, 0.1) is 12.8 Å². The molecule has 0 fully saturated rings. The van der Waals surface area contributed by atoms with E-state index in [1.165, 1.54) is 0 Å². The maximum Gasteiger partial charge on any atom is 0.195 e. The van der Waals surface area contributed by atoms with Gasteiger partial charge in [0.2, 0.25) is 0 Å². The third kappa shape index (κ3) is 2.34. The highest BCUT2D eigenvalue weighted by molar-refractivity contribution is 5.77. The van der Waals surface area contributed by atoms with E-state index in [-0.39, 0.29) is 0 Å². The molecule has 0 unspecified atom stereocenters. The van der Waals surface area contributed by atoms with Crippen molar-refractivity contribution in [2.75, 3.05) is 5.32 Å². The van der Waals surface area contributed by atoms with Gasteiger partial charge in [-0.3, -0.25) is 0 Å². The van der Waals surface area contributed by atoms with Crippen LogP contribution in [0.5, 0.6) is 0 Å². The van der Waals surface area contributed by atoms with Gasteiger partial charge in [-0.05, 0) is 36.8 Å². The van der Waals surface area contributed by atoms with Crippen molar-refractivity contribution in [1.82, 2.24) is 4.98 Å². The molecule has 0 radical (unpaired) electrons. The average molecular weight is 256 g/mol. The van der Waals surface area contributed by atoms with Gasteiger partial charge in [0.25, 0.3) is 0 Å². The molecule has 0 amide bonds. The van der Waals surface area contributed by atoms with E-state index in [9.17, 15) is 0 Å². The minimum atomic E-state index is 0.669. The summed E-state index contributed by atoms with van der Waals surface area (Å²) in [5.41, 5.74) is 3.89. The zero-order valence-corrected chi connectivity index (χ0v) is 11.1. The lowest BCUT2D eigenvalue weighted by Crippen LogP contribution is -1.99. The van der Waals surface area contributed by atoms with Gasteiger partial charge < -0.3 is 14.2 Å². The predicted molar refractivity (Wildman–Crippen MR) is 74.2 cm³/mol. The maximum absolute atomic E-state index is 5.58. The topological polar surface area (TPSA) is 51.2 Å². The van der Waals surface area contributed by atoms with Gasteiger partial charge in [-0.1, -0.05) is 6.92 Å². The molecule has 0 spiro atoms. The van der Waals surface area contributed by atoms with Gasteiger partial charge in [-0.2, -0.15) is 0 Å². The lowest BCUT2D eigenvalue weighted by molar-refractivity contribution is 0.515. The molecule has 0 bridgehead atoms. The highest BCUT2D eigenvalue weighted by Crippen LogP contribution is 2.21. The second-order valence-electron chi connectivity index (χ2n) is 4.52. The first kappa shape index (κ1) is 11.8. The fourth-order valence-corrected chi connectivity index (χ4v) is 2.00. The number of anilines is 1. The van der Waals surface area contributed by atoms with E-state index in [0.717, 1.165) is 40.4 Å². The molecule has 0 atom stereocenters. The Balaban J connectivity index is 1.79. The fraction of sp³-hybridized carbons (Fsp3) is 0.267. The molecule has 1 aromatic carbocycles. The zero-order chi connectivity index (χ0) is 13.2. The molecular weight excluding hydrogens is 240 g/mol. The summed E-state index contributed by atoms with van der Waals surface area (Å²) in [4.78, 5) is 4.42. The predicted octanol–water partition coefficient (Wildman–Crippen LogP) is 3.90. The largest absolute Gasteiger partial charge is 0.467 e. The van der Waals surface area contributed by atoms with Crippen LogP contribution in [-0.4, -0.2) is 4.98 Å². The van der Waals surface area contributed by atoms with Crippen LogP contribution in [0.25, 0.3) is 11.1 Å². The summed E-state index contributed by atoms with van der Waals surface area (Å²) in [5, 5.41) is 3.33. The number of hydrogen-bond acceptors (Lipinski definition) is 4. The highest BCUT2D eigenvalue weighted by atomic mass is 16.3. The summed E-state index contributed by atoms with van der Waals surface area (Å²) in [5.74, 6) is 1.73. The maximum atomic E-state index is 5.58. The van der Waals surface area contributed by atoms with Crippen LogP contribution in [0.1, 0.15) is 24.1 Å². The molecular formula is C15H16N2O2. The zero-order valence-electron chi connectivity index (χ0n) is 11.1. The number of aromatic nitrogens is 1. The molecule has 3 aromatic rings. The molecule has 4 nitrogen and oxygen atoms in total. The van der Waals surface area contributed by atoms with Crippen molar-refractivity contribution in [3.05, 3.63) is 47.7 Å². The monoisotopic (exact) mass is 256 g/mol. The fourth-order valence-electron chi connectivity index (χ4n) is 2.00. The molecule has 19 heavy (non-hydrogen) atoms. The van der Waals surface area contributed by atoms with Crippen molar-refractivity contribution < 1.29 is 8.83 Å². The number of fused-ring (bicyclic) bond motifs is 1. The molecule has 4 heteroatoms. The SMILES string of the molecule is CCc1nc2cc(NCc3occc3C)ccc2o1. The molecule has 0 aliphatic heterocycles. The first-order chi connectivity index (χ1) is 9.26. The van der Waals surface area contributed by atoms with Crippen molar-refractivity contribution >= 4 is 16.8 Å². The summed E-state index contributed by atoms with van der Waals surface area (Å²) in [7, 11) is 0. The summed E-state index contributed by atoms with van der Waals surface area (Å²) in [6.07, 6.45) is 2.52. The number of aryl methyl sites for hydroxylation is 2. The summed E-state index contributed by atoms with van der Waals surface area (Å²) in [6, 6.07) is 7.89. The van der Waals surface area contributed by atoms with Crippen LogP contribution in [0, 0.1) is 6.92 Å². The first-order valence-electron chi connectivity index (χ1n) is 6.42. The Hall–Kier alpha value is -2.23. The van der Waals surface area contributed by atoms with Gasteiger partial charge in [0, 0.05) is 12.1 Å². The van der Waals surface area contributed by atoms with Gasteiger partial charge >= 0.3 is 0 Å². The van der Waals surface area contributed by atoms with Crippen molar-refractivity contribution in [2.45, 2.75) is 26.8 Å². The van der Waals surface area contributed by atoms with E-state index < -0.39 is 0 Å². The number of benzene rings is 1. The lowest BCUT2D eigenvalue weighted by Gasteiger charge is -2.04. The Bertz CT molecular complexity index is 697. The number of furan rings is 1. The van der Waals surface area contributed by atoms with Crippen LogP contribution >= 0.6 is 0 Å². The average Bonchev–Trinajstić information content (AvgIpc) is 3.01. The lowest BCUT2D eigenvalue weighted by atomic mass is 10.2. The Morgan fingerprint density at radius 1 is 1.26 bits per heavy atom. The van der Waals surface area contributed by atoms with E-state index in [0.29, 0.717) is 6.54 Å². The van der Waals surface area contributed by atoms with Crippen LogP contribution in [0.3, 0.4) is 0 Å². The van der Waals surface area contributed by atoms with Crippen LogP contribution < -0.4 is 5.32 Å². The van der Waals surface area contributed by atoms with Crippen LogP contribution in [0.15, 0.2) is 39.4 Å². The minimum Gasteiger partial charge on any atom is -0.467 e. The molecule has 2 aromatic heterocycles. The third-order valence-electron chi connectivity index (χ3n) is 3.16. The van der Waals surface area contributed by atoms with Crippen molar-refractivity contribution in [1.29, 1.82) is 0 Å². The summed E-state index contributed by atoms with van der Waals surface area (Å²) < 4.78 is 11.0. The van der Waals surface area contributed by atoms with E-state index in [4.69, 9.17) is 8.83 Å². The van der Waals surface area contributed by atoms with E-state index in [2.05, 4.69) is 10.3 Å². The van der Waals surface area contributed by atoms with Gasteiger partial charge in [-0.15, -0.1) is 0 Å². The van der Waals surface area contributed by atoms with Crippen LogP contribution in [0.2, 0.25) is 0 Å². The second-order valence-corrected chi connectivity index (χ2v) is 4.52. The van der Waals surface area contributed by atoms with Crippen molar-refractivity contribution in [3.63, 3.8) is 0 Å². The minimum absolute atomic E-state index is 0.669. The van der Waals surface area contributed by atoms with Crippen molar-refractivity contribution in [2.24, 2.45) is 0 Å². The normalized spacial score (nSPS) is 11.1. The van der Waals surface area contributed by atoms with Gasteiger partial charge in [0.15, 0.2) is 11.5 Å². The molecule has 0 saturated carbocycles. The smallest absolute Gasteiger partial charge is 0.195 e. The second kappa shape index (κ2) is 4.80. The summed E-state index contributed by atoms with van der Waals surface area (Å²) >= 11 is 0. The first-order valence-corrected chi connectivity index (χ1v) is 6.42. The van der Waals surface area contributed by atoms with Crippen LogP contribution in [-0.2, 0) is 13.0 Å². The molecule has 0 saturated heterocycles. The molecule has 98 valence electrons. The Morgan fingerprint density at radius 3 is 2.89 bits per heavy atom. The van der Waals surface area contributed by atoms with Gasteiger partial charge in [-0.25, -0.2) is 4.98 Å². The van der Waals surface area contributed by atoms with E-state index >= 15 is 0 Å². The number of nitrogens with zero attached hydrogens (tertiary/aromatic N) is 1. The van der Waals surface area contributed by atoms with Crippen LogP contribution in [0.4, 0.5) is 5.69 Å². The number of hydrogen-bond donors (Lipinski definition) is 1. The quantitative estimate of drug-likeness (QED) is 0.769. The Labute approximate surface area is 111 Å². The van der Waals surface area contributed by atoms with E-state index in [1.807, 2.05) is 38.1 Å². The van der Waals surface area contributed by atoms with E-state index in [1.54, 1.807) is 6.26 Å². The number of nitrogens with one attached hydrogen (secondary N) is 1. The Morgan fingerprint density at radius 2 is 2.16 bits per heavy atom. The molecule has 2 heterocycles. The molecule has 0 aliphatic rings. The highest BCUT2D eigenvalue weighted by Gasteiger charge is 2.06. The van der Waals surface area contributed by atoms with Crippen molar-refractivity contribution in [3.8, 4) is 0 Å². The molecule has 3 rings (SSSR count). The number of oxazole rings is 1. The number of rotatable bonds is 4. The van der Waals surface area contributed by atoms with Gasteiger partial charge in [0.1, 0.15) is 11.3 Å². The Kier molecular flexibility index (Phi) is 2.99.